The number of Topliss-reactive ketones (excluding diaryl/α,β-unsaturated/α-hetero) is 1. The predicted octanol–water partition coefficient (Wildman–Crippen LogP) is 5.05. The Morgan fingerprint density at radius 1 is 1.03 bits per heavy atom. The molecule has 0 spiro atoms. The van der Waals surface area contributed by atoms with E-state index < -0.39 is 17.7 Å². The third-order valence-electron chi connectivity index (χ3n) is 5.03. The van der Waals surface area contributed by atoms with Gasteiger partial charge in [-0.05, 0) is 41.8 Å². The molecule has 0 aliphatic carbocycles. The molecule has 1 amide bonds. The van der Waals surface area contributed by atoms with Gasteiger partial charge in [0.15, 0.2) is 0 Å². The monoisotopic (exact) mass is 455 g/mol. The second-order valence-corrected chi connectivity index (χ2v) is 8.09. The first-order valence-corrected chi connectivity index (χ1v) is 10.5. The number of hydrogen-bond acceptors (Lipinski definition) is 6. The number of ether oxygens (including phenoxy) is 2. The van der Waals surface area contributed by atoms with Crippen LogP contribution in [0.4, 0.5) is 5.69 Å². The van der Waals surface area contributed by atoms with E-state index >= 15 is 0 Å². The molecule has 1 saturated heterocycles. The maximum absolute atomic E-state index is 13.1. The average Bonchev–Trinajstić information content (AvgIpc) is 3.40. The summed E-state index contributed by atoms with van der Waals surface area (Å²) in [5, 5.41) is 13.3. The summed E-state index contributed by atoms with van der Waals surface area (Å²) in [7, 11) is 2.95. The van der Waals surface area contributed by atoms with Crippen LogP contribution in [0.25, 0.3) is 5.76 Å². The lowest BCUT2D eigenvalue weighted by molar-refractivity contribution is -0.132. The number of amides is 1. The number of nitrogens with zero attached hydrogens (tertiary/aromatic N) is 1. The number of carbonyl (C=O) groups is 2. The van der Waals surface area contributed by atoms with Gasteiger partial charge in [0.05, 0.1) is 30.5 Å². The molecule has 1 unspecified atom stereocenters. The van der Waals surface area contributed by atoms with Gasteiger partial charge in [0.1, 0.15) is 23.3 Å². The molecule has 1 fully saturated rings. The van der Waals surface area contributed by atoms with E-state index in [1.165, 1.54) is 36.5 Å². The van der Waals surface area contributed by atoms with Gasteiger partial charge in [-0.2, -0.15) is 0 Å². The van der Waals surface area contributed by atoms with Crippen LogP contribution in [0.5, 0.6) is 11.5 Å². The van der Waals surface area contributed by atoms with Crippen LogP contribution in [0, 0.1) is 0 Å². The molecule has 31 heavy (non-hydrogen) atoms. The lowest BCUT2D eigenvalue weighted by Gasteiger charge is -2.25. The van der Waals surface area contributed by atoms with Crippen molar-refractivity contribution in [1.29, 1.82) is 0 Å². The summed E-state index contributed by atoms with van der Waals surface area (Å²) in [5.74, 6) is -1.04. The average molecular weight is 456 g/mol. The normalized spacial score (nSPS) is 17.8. The molecule has 0 saturated carbocycles. The maximum atomic E-state index is 13.1. The highest BCUT2D eigenvalue weighted by atomic mass is 35.5. The highest BCUT2D eigenvalue weighted by Crippen LogP contribution is 2.46. The number of aliphatic hydroxyl groups excluding tert-OH is 1. The number of aliphatic hydroxyl groups is 1. The fourth-order valence-corrected chi connectivity index (χ4v) is 4.61. The van der Waals surface area contributed by atoms with E-state index in [0.717, 1.165) is 4.88 Å². The Hall–Kier alpha value is -3.29. The molecule has 1 aromatic heterocycles. The zero-order valence-corrected chi connectivity index (χ0v) is 18.2. The Morgan fingerprint density at radius 3 is 2.45 bits per heavy atom. The molecular weight excluding hydrogens is 438 g/mol. The summed E-state index contributed by atoms with van der Waals surface area (Å²) in [6.07, 6.45) is 0. The van der Waals surface area contributed by atoms with Crippen LogP contribution in [-0.4, -0.2) is 31.0 Å². The second kappa shape index (κ2) is 8.45. The minimum atomic E-state index is -0.807. The van der Waals surface area contributed by atoms with E-state index in [2.05, 4.69) is 0 Å². The largest absolute Gasteiger partial charge is 0.507 e. The molecule has 1 N–H and O–H groups in total. The van der Waals surface area contributed by atoms with Gasteiger partial charge in [0.2, 0.25) is 0 Å². The van der Waals surface area contributed by atoms with Gasteiger partial charge in [-0.25, -0.2) is 0 Å². The van der Waals surface area contributed by atoms with E-state index in [9.17, 15) is 14.7 Å². The van der Waals surface area contributed by atoms with E-state index in [0.29, 0.717) is 27.8 Å². The molecule has 0 radical (unpaired) electrons. The lowest BCUT2D eigenvalue weighted by atomic mass is 9.99. The molecule has 158 valence electrons. The third kappa shape index (κ3) is 3.56. The van der Waals surface area contributed by atoms with Gasteiger partial charge in [0, 0.05) is 10.4 Å². The summed E-state index contributed by atoms with van der Waals surface area (Å²) < 4.78 is 10.6. The van der Waals surface area contributed by atoms with Crippen molar-refractivity contribution in [2.24, 2.45) is 0 Å². The van der Waals surface area contributed by atoms with Gasteiger partial charge >= 0.3 is 0 Å². The Labute approximate surface area is 187 Å². The number of anilines is 1. The molecule has 1 aliphatic heterocycles. The van der Waals surface area contributed by atoms with Crippen molar-refractivity contribution in [2.45, 2.75) is 6.04 Å². The topological polar surface area (TPSA) is 76.1 Å². The van der Waals surface area contributed by atoms with Gasteiger partial charge in [0.25, 0.3) is 11.7 Å². The van der Waals surface area contributed by atoms with E-state index in [-0.39, 0.29) is 11.3 Å². The van der Waals surface area contributed by atoms with E-state index in [1.807, 2.05) is 17.5 Å². The number of benzene rings is 2. The molecule has 8 heteroatoms. The maximum Gasteiger partial charge on any atom is 0.300 e. The molecule has 0 bridgehead atoms. The van der Waals surface area contributed by atoms with Crippen LogP contribution in [0.1, 0.15) is 16.5 Å². The quantitative estimate of drug-likeness (QED) is 0.331. The number of hydrogen-bond donors (Lipinski definition) is 1. The third-order valence-corrected chi connectivity index (χ3v) is 6.26. The number of thiophene rings is 1. The minimum absolute atomic E-state index is 0.0114. The summed E-state index contributed by atoms with van der Waals surface area (Å²) in [6, 6.07) is 14.4. The summed E-state index contributed by atoms with van der Waals surface area (Å²) in [5.41, 5.74) is 0.752. The number of carbonyl (C=O) groups excluding carboxylic acids is 2. The fraction of sp³-hybridized carbons (Fsp3) is 0.130. The number of rotatable bonds is 5. The van der Waals surface area contributed by atoms with Crippen molar-refractivity contribution < 1.29 is 24.2 Å². The first-order chi connectivity index (χ1) is 15.0. The number of para-hydroxylation sites is 2. The lowest BCUT2D eigenvalue weighted by Crippen LogP contribution is -2.29. The molecule has 4 rings (SSSR count). The van der Waals surface area contributed by atoms with Crippen molar-refractivity contribution in [3.63, 3.8) is 0 Å². The van der Waals surface area contributed by atoms with Gasteiger partial charge in [-0.1, -0.05) is 29.8 Å². The Balaban J connectivity index is 1.94. The SMILES string of the molecule is COc1cc(/C(O)=C2/C(=O)C(=O)N(c3ccccc3OC)C2c2cccs2)ccc1Cl. The summed E-state index contributed by atoms with van der Waals surface area (Å²) in [6.45, 7) is 0. The van der Waals surface area contributed by atoms with Gasteiger partial charge in [-0.3, -0.25) is 14.5 Å². The smallest absolute Gasteiger partial charge is 0.300 e. The number of methoxy groups -OCH3 is 2. The van der Waals surface area contributed by atoms with Crippen LogP contribution in [0.2, 0.25) is 5.02 Å². The predicted molar refractivity (Wildman–Crippen MR) is 120 cm³/mol. The zero-order valence-electron chi connectivity index (χ0n) is 16.7. The highest BCUT2D eigenvalue weighted by Gasteiger charge is 2.48. The van der Waals surface area contributed by atoms with Crippen molar-refractivity contribution in [1.82, 2.24) is 0 Å². The van der Waals surface area contributed by atoms with Crippen LogP contribution in [0.3, 0.4) is 0 Å². The fourth-order valence-electron chi connectivity index (χ4n) is 3.59. The first-order valence-electron chi connectivity index (χ1n) is 9.29. The van der Waals surface area contributed by atoms with Gasteiger partial charge < -0.3 is 14.6 Å². The van der Waals surface area contributed by atoms with Crippen LogP contribution >= 0.6 is 22.9 Å². The zero-order chi connectivity index (χ0) is 22.1. The standard InChI is InChI=1S/C23H18ClNO5S/c1-29-16-7-4-3-6-15(16)25-20(18-8-5-11-31-18)19(22(27)23(25)28)21(26)13-9-10-14(24)17(12-13)30-2/h3-12,20,26H,1-2H3/b21-19-. The summed E-state index contributed by atoms with van der Waals surface area (Å²) >= 11 is 7.48. The highest BCUT2D eigenvalue weighted by molar-refractivity contribution is 7.10. The molecular formula is C23H18ClNO5S. The molecule has 1 aliphatic rings. The van der Waals surface area contributed by atoms with Crippen LogP contribution < -0.4 is 14.4 Å². The van der Waals surface area contributed by atoms with E-state index in [4.69, 9.17) is 21.1 Å². The first kappa shape index (κ1) is 21.0. The minimum Gasteiger partial charge on any atom is -0.507 e. The van der Waals surface area contributed by atoms with E-state index in [1.54, 1.807) is 36.4 Å². The second-order valence-electron chi connectivity index (χ2n) is 6.71. The molecule has 2 aromatic carbocycles. The molecule has 6 nitrogen and oxygen atoms in total. The van der Waals surface area contributed by atoms with Crippen molar-refractivity contribution in [2.75, 3.05) is 19.1 Å². The van der Waals surface area contributed by atoms with Crippen LogP contribution in [0.15, 0.2) is 65.6 Å². The summed E-state index contributed by atoms with van der Waals surface area (Å²) in [4.78, 5) is 28.4. The Bertz CT molecular complexity index is 1190. The number of halogens is 1. The van der Waals surface area contributed by atoms with Crippen molar-refractivity contribution in [3.05, 3.63) is 81.0 Å². The molecule has 3 aromatic rings. The Morgan fingerprint density at radius 2 is 1.77 bits per heavy atom. The molecule has 2 heterocycles. The number of ketones is 1. The van der Waals surface area contributed by atoms with Gasteiger partial charge in [-0.15, -0.1) is 11.3 Å². The van der Waals surface area contributed by atoms with Crippen molar-refractivity contribution >= 4 is 46.1 Å². The van der Waals surface area contributed by atoms with Crippen molar-refractivity contribution in [3.8, 4) is 11.5 Å². The Kier molecular flexibility index (Phi) is 5.71. The van der Waals surface area contributed by atoms with Crippen LogP contribution in [-0.2, 0) is 9.59 Å². The molecule has 1 atom stereocenters.